The molecule has 2 rings (SSSR count). The molecule has 1 aromatic carbocycles. The number of fused-ring (bicyclic) bond motifs is 1. The van der Waals surface area contributed by atoms with Gasteiger partial charge in [-0.3, -0.25) is 9.36 Å². The van der Waals surface area contributed by atoms with Crippen molar-refractivity contribution in [2.24, 2.45) is 0 Å². The maximum absolute atomic E-state index is 12.5. The minimum Gasteiger partial charge on any atom is -1.00 e. The van der Waals surface area contributed by atoms with Crippen LogP contribution in [0.5, 0.6) is 6.01 Å². The molecule has 2 aromatic rings. The summed E-state index contributed by atoms with van der Waals surface area (Å²) < 4.78 is 8.28. The number of aromatic nitrogens is 2. The molecule has 0 fully saturated rings. The Hall–Kier alpha value is -0.110. The molecule has 0 atom stereocenters. The number of hydrogen-bond acceptors (Lipinski definition) is 3. The van der Waals surface area contributed by atoms with Gasteiger partial charge in [-0.2, -0.15) is 4.98 Å². The van der Waals surface area contributed by atoms with Crippen LogP contribution in [0.4, 0.5) is 0 Å². The van der Waals surface area contributed by atoms with Gasteiger partial charge in [0.1, 0.15) is 0 Å². The molecule has 0 amide bonds. The molecule has 0 aliphatic rings. The predicted molar refractivity (Wildman–Crippen MR) is 85.9 cm³/mol. The Morgan fingerprint density at radius 2 is 2.10 bits per heavy atom. The van der Waals surface area contributed by atoms with Crippen LogP contribution in [-0.4, -0.2) is 16.2 Å². The quantitative estimate of drug-likeness (QED) is 0.540. The van der Waals surface area contributed by atoms with E-state index in [9.17, 15) is 4.79 Å². The van der Waals surface area contributed by atoms with E-state index in [0.29, 0.717) is 30.1 Å². The van der Waals surface area contributed by atoms with Crippen molar-refractivity contribution in [3.05, 3.63) is 32.1 Å². The molecule has 0 saturated heterocycles. The van der Waals surface area contributed by atoms with E-state index in [1.807, 2.05) is 32.0 Å². The van der Waals surface area contributed by atoms with Crippen molar-refractivity contribution in [2.45, 2.75) is 33.2 Å². The molecule has 1 aromatic heterocycles. The van der Waals surface area contributed by atoms with Crippen LogP contribution in [0.15, 0.2) is 23.0 Å². The third-order valence-corrected chi connectivity index (χ3v) is 3.43. The van der Waals surface area contributed by atoms with E-state index in [1.165, 1.54) is 0 Å². The summed E-state index contributed by atoms with van der Waals surface area (Å²) in [5.41, 5.74) is 0.681. The molecule has 0 bridgehead atoms. The topological polar surface area (TPSA) is 44.1 Å². The van der Waals surface area contributed by atoms with Gasteiger partial charge in [-0.25, -0.2) is 0 Å². The van der Waals surface area contributed by atoms with Crippen molar-refractivity contribution in [3.63, 3.8) is 0 Å². The van der Waals surface area contributed by atoms with E-state index in [2.05, 4.69) is 27.6 Å². The van der Waals surface area contributed by atoms with Gasteiger partial charge < -0.3 is 6.16 Å². The van der Waals surface area contributed by atoms with Gasteiger partial charge in [-0.15, -0.1) is 0 Å². The average molecular weight is 396 g/mol. The van der Waals surface area contributed by atoms with Crippen LogP contribution in [0.2, 0.25) is 0 Å². The largest absolute Gasteiger partial charge is 1.00 e. The number of halogens is 1. The van der Waals surface area contributed by atoms with Crippen LogP contribution < -0.4 is 39.9 Å². The number of rotatable bonds is 5. The first kappa shape index (κ1) is 17.9. The van der Waals surface area contributed by atoms with Crippen LogP contribution >= 0.6 is 22.6 Å². The molecule has 6 heteroatoms. The number of nitrogens with zero attached hydrogens (tertiary/aromatic N) is 2. The van der Waals surface area contributed by atoms with Crippen LogP contribution in [0.1, 0.15) is 28.1 Å². The summed E-state index contributed by atoms with van der Waals surface area (Å²) in [6.07, 6.45) is 1.77. The Balaban J connectivity index is 0.00000200. The average Bonchev–Trinajstić information content (AvgIpc) is 2.41. The fraction of sp³-hybridized carbons (Fsp3) is 0.429. The third-order valence-electron chi connectivity index (χ3n) is 2.76. The van der Waals surface area contributed by atoms with Gasteiger partial charge in [0.25, 0.3) is 11.6 Å². The summed E-state index contributed by atoms with van der Waals surface area (Å²) in [5.74, 6) is 0. The zero-order valence-electron chi connectivity index (χ0n) is 13.1. The fourth-order valence-corrected chi connectivity index (χ4v) is 2.39. The van der Waals surface area contributed by atoms with E-state index in [4.69, 9.17) is 4.74 Å². The van der Waals surface area contributed by atoms with Gasteiger partial charge in [-0.05, 0) is 53.6 Å². The Labute approximate surface area is 155 Å². The van der Waals surface area contributed by atoms with Crippen molar-refractivity contribution in [2.75, 3.05) is 6.61 Å². The van der Waals surface area contributed by atoms with E-state index >= 15 is 0 Å². The van der Waals surface area contributed by atoms with Crippen LogP contribution in [0, 0.1) is 3.57 Å². The third kappa shape index (κ3) is 3.96. The normalized spacial score (nSPS) is 10.3. The van der Waals surface area contributed by atoms with Gasteiger partial charge in [-0.1, -0.05) is 13.8 Å². The molecule has 0 spiro atoms. The molecular formula is C14H18IN2NaO2. The fourth-order valence-electron chi connectivity index (χ4n) is 1.90. The molecule has 0 aliphatic carbocycles. The summed E-state index contributed by atoms with van der Waals surface area (Å²) in [6, 6.07) is 6.12. The van der Waals surface area contributed by atoms with Crippen molar-refractivity contribution in [1.29, 1.82) is 0 Å². The number of ether oxygens (including phenoxy) is 1. The Kier molecular flexibility index (Phi) is 7.50. The maximum atomic E-state index is 12.5. The first-order valence-corrected chi connectivity index (χ1v) is 7.58. The predicted octanol–water partition coefficient (Wildman–Crippen LogP) is 0.316. The molecule has 0 radical (unpaired) electrons. The van der Waals surface area contributed by atoms with E-state index < -0.39 is 0 Å². The second-order valence-electron chi connectivity index (χ2n) is 4.36. The molecule has 0 saturated carbocycles. The zero-order chi connectivity index (χ0) is 13.8. The second-order valence-corrected chi connectivity index (χ2v) is 5.61. The number of benzene rings is 1. The maximum Gasteiger partial charge on any atom is 1.00 e. The first-order valence-electron chi connectivity index (χ1n) is 6.50. The Morgan fingerprint density at radius 3 is 2.75 bits per heavy atom. The summed E-state index contributed by atoms with van der Waals surface area (Å²) in [5, 5.41) is 0.657. The van der Waals surface area contributed by atoms with Crippen LogP contribution in [0.3, 0.4) is 0 Å². The molecular weight excluding hydrogens is 378 g/mol. The molecule has 4 nitrogen and oxygen atoms in total. The van der Waals surface area contributed by atoms with Crippen molar-refractivity contribution < 1.29 is 35.7 Å². The summed E-state index contributed by atoms with van der Waals surface area (Å²) in [7, 11) is 0. The smallest absolute Gasteiger partial charge is 1.00 e. The molecule has 0 unspecified atom stereocenters. The van der Waals surface area contributed by atoms with Gasteiger partial charge in [0.2, 0.25) is 0 Å². The van der Waals surface area contributed by atoms with Crippen molar-refractivity contribution in [1.82, 2.24) is 9.55 Å². The molecule has 20 heavy (non-hydrogen) atoms. The summed E-state index contributed by atoms with van der Waals surface area (Å²) in [4.78, 5) is 17.0. The minimum absolute atomic E-state index is 0. The van der Waals surface area contributed by atoms with E-state index in [0.717, 1.165) is 16.4 Å². The van der Waals surface area contributed by atoms with Crippen LogP contribution in [-0.2, 0) is 6.54 Å². The zero-order valence-corrected chi connectivity index (χ0v) is 16.3. The molecule has 0 N–H and O–H groups in total. The summed E-state index contributed by atoms with van der Waals surface area (Å²) in [6.45, 7) is 5.28. The second kappa shape index (κ2) is 8.36. The Morgan fingerprint density at radius 1 is 1.35 bits per heavy atom. The van der Waals surface area contributed by atoms with Gasteiger partial charge in [0, 0.05) is 10.1 Å². The van der Waals surface area contributed by atoms with E-state index in [1.54, 1.807) is 4.57 Å². The molecule has 0 aliphatic heterocycles. The van der Waals surface area contributed by atoms with Gasteiger partial charge >= 0.3 is 29.6 Å². The molecule has 104 valence electrons. The monoisotopic (exact) mass is 396 g/mol. The van der Waals surface area contributed by atoms with E-state index in [-0.39, 0.29) is 36.5 Å². The first-order chi connectivity index (χ1) is 9.17. The van der Waals surface area contributed by atoms with Gasteiger partial charge in [0.15, 0.2) is 0 Å². The standard InChI is InChI=1S/C14H17IN2O2.Na.H/c1-3-7-17-13(18)11-9-10(15)5-6-12(11)16-14(17)19-8-4-2;;/h5-6,9H,3-4,7-8H2,1-2H3;;/q;+1;-1. The van der Waals surface area contributed by atoms with Crippen molar-refractivity contribution in [3.8, 4) is 6.01 Å². The van der Waals surface area contributed by atoms with Gasteiger partial charge in [0.05, 0.1) is 17.5 Å². The molecule has 1 heterocycles. The van der Waals surface area contributed by atoms with Crippen molar-refractivity contribution >= 4 is 33.5 Å². The number of hydrogen-bond donors (Lipinski definition) is 0. The SMILES string of the molecule is CCCOc1nc2ccc(I)cc2c(=O)n1CCC.[H-].[Na+]. The summed E-state index contributed by atoms with van der Waals surface area (Å²) >= 11 is 2.20. The van der Waals surface area contributed by atoms with Crippen LogP contribution in [0.25, 0.3) is 10.9 Å². The Bertz CT molecular complexity index is 649. The minimum atomic E-state index is -0.0172.